The molecule has 6 heteroatoms. The number of rotatable bonds is 8. The average Bonchev–Trinajstić information content (AvgIpc) is 2.81. The molecule has 0 aliphatic carbocycles. The van der Waals surface area contributed by atoms with Crippen molar-refractivity contribution in [3.8, 4) is 0 Å². The summed E-state index contributed by atoms with van der Waals surface area (Å²) in [5.41, 5.74) is -1.51. The number of carboxylic acid groups (broad SMARTS) is 1. The fourth-order valence-corrected chi connectivity index (χ4v) is 1.58. The lowest BCUT2D eigenvalue weighted by molar-refractivity contribution is -0.151. The summed E-state index contributed by atoms with van der Waals surface area (Å²) in [7, 11) is 0. The Labute approximate surface area is 120 Å². The van der Waals surface area contributed by atoms with E-state index in [-0.39, 0.29) is 0 Å². The number of aryl methyl sites for hydroxylation is 1. The molecule has 0 saturated carbocycles. The molecular weight excluding hydrogens is 258 g/mol. The Bertz CT molecular complexity index is 452. The van der Waals surface area contributed by atoms with Crippen molar-refractivity contribution in [1.82, 2.24) is 15.5 Å². The minimum atomic E-state index is -0.905. The number of aliphatic carboxylic acids is 1. The third-order valence-corrected chi connectivity index (χ3v) is 4.04. The molecule has 0 radical (unpaired) electrons. The number of nitrogens with zero attached hydrogens (tertiary/aromatic N) is 2. The minimum absolute atomic E-state index is 0.364. The molecule has 0 amide bonds. The van der Waals surface area contributed by atoms with Crippen LogP contribution in [0.5, 0.6) is 0 Å². The predicted octanol–water partition coefficient (Wildman–Crippen LogP) is 2.39. The van der Waals surface area contributed by atoms with Gasteiger partial charge in [0.15, 0.2) is 5.82 Å². The maximum absolute atomic E-state index is 11.3. The van der Waals surface area contributed by atoms with Crippen LogP contribution in [0.25, 0.3) is 0 Å². The molecule has 1 rings (SSSR count). The molecule has 2 N–H and O–H groups in total. The fourth-order valence-electron chi connectivity index (χ4n) is 1.58. The second-order valence-electron chi connectivity index (χ2n) is 6.12. The highest BCUT2D eigenvalue weighted by Crippen LogP contribution is 2.30. The van der Waals surface area contributed by atoms with Crippen LogP contribution in [-0.2, 0) is 17.8 Å². The molecule has 1 aromatic heterocycles. The van der Waals surface area contributed by atoms with Gasteiger partial charge in [-0.1, -0.05) is 18.5 Å². The van der Waals surface area contributed by atoms with Crippen molar-refractivity contribution in [1.29, 1.82) is 0 Å². The first-order chi connectivity index (χ1) is 9.20. The molecule has 0 fully saturated rings. The van der Waals surface area contributed by atoms with Gasteiger partial charge in [-0.05, 0) is 34.1 Å². The molecule has 0 spiro atoms. The number of hydrogen-bond acceptors (Lipinski definition) is 5. The number of carbonyl (C=O) groups is 1. The SMILES string of the molecule is CCCCc1noc(CNC(C)(C)C(C)(C)C(=O)O)n1. The summed E-state index contributed by atoms with van der Waals surface area (Å²) in [4.78, 5) is 15.6. The Morgan fingerprint density at radius 3 is 2.55 bits per heavy atom. The van der Waals surface area contributed by atoms with Gasteiger partial charge in [0.2, 0.25) is 5.89 Å². The van der Waals surface area contributed by atoms with Gasteiger partial charge in [0.25, 0.3) is 0 Å². The quantitative estimate of drug-likeness (QED) is 0.761. The van der Waals surface area contributed by atoms with Crippen molar-refractivity contribution >= 4 is 5.97 Å². The third kappa shape index (κ3) is 3.79. The summed E-state index contributed by atoms with van der Waals surface area (Å²) in [5.74, 6) is 0.355. The first-order valence-electron chi connectivity index (χ1n) is 7.00. The van der Waals surface area contributed by atoms with Crippen LogP contribution < -0.4 is 5.32 Å². The van der Waals surface area contributed by atoms with Crippen molar-refractivity contribution in [3.05, 3.63) is 11.7 Å². The van der Waals surface area contributed by atoms with Crippen LogP contribution in [0.2, 0.25) is 0 Å². The summed E-state index contributed by atoms with van der Waals surface area (Å²) in [6, 6.07) is 0. The molecule has 0 unspecified atom stereocenters. The highest BCUT2D eigenvalue weighted by Gasteiger charge is 2.43. The van der Waals surface area contributed by atoms with E-state index in [0.29, 0.717) is 18.3 Å². The van der Waals surface area contributed by atoms with Crippen LogP contribution in [0.4, 0.5) is 0 Å². The van der Waals surface area contributed by atoms with E-state index < -0.39 is 16.9 Å². The van der Waals surface area contributed by atoms with E-state index in [1.165, 1.54) is 0 Å². The molecule has 0 aromatic carbocycles. The van der Waals surface area contributed by atoms with Gasteiger partial charge in [0.05, 0.1) is 12.0 Å². The van der Waals surface area contributed by atoms with E-state index in [2.05, 4.69) is 22.4 Å². The van der Waals surface area contributed by atoms with E-state index in [1.54, 1.807) is 13.8 Å². The molecule has 0 aliphatic rings. The van der Waals surface area contributed by atoms with Crippen LogP contribution in [0.15, 0.2) is 4.52 Å². The zero-order chi connectivity index (χ0) is 15.4. The highest BCUT2D eigenvalue weighted by atomic mass is 16.5. The maximum atomic E-state index is 11.3. The minimum Gasteiger partial charge on any atom is -0.481 e. The average molecular weight is 283 g/mol. The molecule has 114 valence electrons. The lowest BCUT2D eigenvalue weighted by Gasteiger charge is -2.38. The monoisotopic (exact) mass is 283 g/mol. The summed E-state index contributed by atoms with van der Waals surface area (Å²) in [6.45, 7) is 9.58. The second kappa shape index (κ2) is 6.35. The third-order valence-electron chi connectivity index (χ3n) is 4.04. The number of aromatic nitrogens is 2. The van der Waals surface area contributed by atoms with Gasteiger partial charge in [-0.2, -0.15) is 4.98 Å². The topological polar surface area (TPSA) is 88.2 Å². The fraction of sp³-hybridized carbons (Fsp3) is 0.786. The van der Waals surface area contributed by atoms with Gasteiger partial charge in [0.1, 0.15) is 0 Å². The Hall–Kier alpha value is -1.43. The summed E-state index contributed by atoms with van der Waals surface area (Å²) in [5, 5.41) is 16.4. The van der Waals surface area contributed by atoms with Crippen molar-refractivity contribution in [2.75, 3.05) is 0 Å². The number of nitrogens with one attached hydrogen (secondary N) is 1. The highest BCUT2D eigenvalue weighted by molar-refractivity contribution is 5.75. The van der Waals surface area contributed by atoms with Gasteiger partial charge >= 0.3 is 5.97 Å². The number of unbranched alkanes of at least 4 members (excludes halogenated alkanes) is 1. The van der Waals surface area contributed by atoms with E-state index in [4.69, 9.17) is 4.52 Å². The van der Waals surface area contributed by atoms with Gasteiger partial charge in [0, 0.05) is 12.0 Å². The molecule has 0 bridgehead atoms. The zero-order valence-corrected chi connectivity index (χ0v) is 13.0. The molecule has 1 heterocycles. The Balaban J connectivity index is 2.62. The maximum Gasteiger partial charge on any atom is 0.310 e. The van der Waals surface area contributed by atoms with Gasteiger partial charge in [-0.3, -0.25) is 4.79 Å². The van der Waals surface area contributed by atoms with E-state index in [1.807, 2.05) is 13.8 Å². The van der Waals surface area contributed by atoms with Crippen LogP contribution in [0, 0.1) is 5.41 Å². The van der Waals surface area contributed by atoms with Crippen LogP contribution in [0.1, 0.15) is 59.2 Å². The van der Waals surface area contributed by atoms with E-state index >= 15 is 0 Å². The smallest absolute Gasteiger partial charge is 0.310 e. The first kappa shape index (κ1) is 16.6. The van der Waals surface area contributed by atoms with E-state index in [9.17, 15) is 9.90 Å². The molecular formula is C14H25N3O3. The van der Waals surface area contributed by atoms with Gasteiger partial charge < -0.3 is 14.9 Å². The normalized spacial score (nSPS) is 12.7. The number of hydrogen-bond donors (Lipinski definition) is 2. The van der Waals surface area contributed by atoms with Crippen LogP contribution >= 0.6 is 0 Å². The Kier molecular flexibility index (Phi) is 5.28. The second-order valence-corrected chi connectivity index (χ2v) is 6.12. The predicted molar refractivity (Wildman–Crippen MR) is 75.2 cm³/mol. The van der Waals surface area contributed by atoms with Crippen molar-refractivity contribution < 1.29 is 14.4 Å². The molecule has 0 aliphatic heterocycles. The van der Waals surface area contributed by atoms with Gasteiger partial charge in [-0.15, -0.1) is 0 Å². The summed E-state index contributed by atoms with van der Waals surface area (Å²) >= 11 is 0. The van der Waals surface area contributed by atoms with Crippen LogP contribution in [0.3, 0.4) is 0 Å². The van der Waals surface area contributed by atoms with Gasteiger partial charge in [-0.25, -0.2) is 0 Å². The number of carboxylic acids is 1. The summed E-state index contributed by atoms with van der Waals surface area (Å²) < 4.78 is 5.16. The molecule has 20 heavy (non-hydrogen) atoms. The zero-order valence-electron chi connectivity index (χ0n) is 13.0. The lowest BCUT2D eigenvalue weighted by atomic mass is 9.74. The van der Waals surface area contributed by atoms with Crippen molar-refractivity contribution in [2.24, 2.45) is 5.41 Å². The Morgan fingerprint density at radius 1 is 1.35 bits per heavy atom. The van der Waals surface area contributed by atoms with Crippen molar-refractivity contribution in [3.63, 3.8) is 0 Å². The standard InChI is InChI=1S/C14H25N3O3/c1-6-7-8-10-16-11(20-17-10)9-15-14(4,5)13(2,3)12(18)19/h15H,6-9H2,1-5H3,(H,18,19). The summed E-state index contributed by atoms with van der Waals surface area (Å²) in [6.07, 6.45) is 2.93. The van der Waals surface area contributed by atoms with E-state index in [0.717, 1.165) is 19.3 Å². The molecule has 0 saturated heterocycles. The molecule has 0 atom stereocenters. The van der Waals surface area contributed by atoms with Crippen molar-refractivity contribution in [2.45, 2.75) is 66.0 Å². The molecule has 6 nitrogen and oxygen atoms in total. The molecule has 1 aromatic rings. The largest absolute Gasteiger partial charge is 0.481 e. The first-order valence-corrected chi connectivity index (χ1v) is 7.00. The van der Waals surface area contributed by atoms with Crippen LogP contribution in [-0.4, -0.2) is 26.8 Å². The Morgan fingerprint density at radius 2 is 2.00 bits per heavy atom. The lowest BCUT2D eigenvalue weighted by Crippen LogP contribution is -2.54.